The van der Waals surface area contributed by atoms with E-state index in [2.05, 4.69) is 29.9 Å². The van der Waals surface area contributed by atoms with Crippen LogP contribution in [0.5, 0.6) is 0 Å². The number of nitrogens with zero attached hydrogens (tertiary/aromatic N) is 7. The van der Waals surface area contributed by atoms with Gasteiger partial charge in [-0.1, -0.05) is 0 Å². The number of rotatable bonds is 3. The SMILES string of the molecule is Cc1cnc2c(-c3ccc(C(F)(F)F)nc3)nc(N3CCOCC3)cc2n1.c1cnn(C2CC2)c1. The maximum absolute atomic E-state index is 12.8. The van der Waals surface area contributed by atoms with Gasteiger partial charge in [0.1, 0.15) is 22.7 Å². The highest BCUT2D eigenvalue weighted by Crippen LogP contribution is 2.33. The number of morpholine rings is 1. The fourth-order valence-corrected chi connectivity index (χ4v) is 3.79. The fourth-order valence-electron chi connectivity index (χ4n) is 3.79. The van der Waals surface area contributed by atoms with Crippen LogP contribution in [-0.4, -0.2) is 56.0 Å². The number of aromatic nitrogens is 6. The Morgan fingerprint density at radius 3 is 2.46 bits per heavy atom. The van der Waals surface area contributed by atoms with Crippen molar-refractivity contribution in [3.63, 3.8) is 0 Å². The van der Waals surface area contributed by atoms with Crippen LogP contribution in [0, 0.1) is 6.92 Å². The molecule has 182 valence electrons. The third-order valence-corrected chi connectivity index (χ3v) is 5.74. The first-order chi connectivity index (χ1) is 16.9. The number of ether oxygens (including phenoxy) is 1. The molecule has 1 aliphatic heterocycles. The van der Waals surface area contributed by atoms with Crippen LogP contribution in [-0.2, 0) is 10.9 Å². The molecule has 1 saturated carbocycles. The molecule has 0 bridgehead atoms. The Kier molecular flexibility index (Phi) is 6.33. The van der Waals surface area contributed by atoms with E-state index in [0.29, 0.717) is 54.4 Å². The first kappa shape index (κ1) is 23.2. The van der Waals surface area contributed by atoms with Gasteiger partial charge in [0.25, 0.3) is 0 Å². The molecule has 5 heterocycles. The van der Waals surface area contributed by atoms with Crippen LogP contribution in [0.25, 0.3) is 22.3 Å². The Morgan fingerprint density at radius 2 is 1.83 bits per heavy atom. The van der Waals surface area contributed by atoms with Crippen LogP contribution in [0.1, 0.15) is 30.3 Å². The molecule has 8 nitrogen and oxygen atoms in total. The molecule has 0 spiro atoms. The molecule has 1 aliphatic carbocycles. The van der Waals surface area contributed by atoms with Crippen molar-refractivity contribution >= 4 is 16.9 Å². The van der Waals surface area contributed by atoms with E-state index in [4.69, 9.17) is 4.74 Å². The van der Waals surface area contributed by atoms with E-state index in [1.807, 2.05) is 36.1 Å². The summed E-state index contributed by atoms with van der Waals surface area (Å²) in [6.45, 7) is 4.39. The zero-order chi connectivity index (χ0) is 24.4. The summed E-state index contributed by atoms with van der Waals surface area (Å²) in [6, 6.07) is 6.87. The number of hydrogen-bond acceptors (Lipinski definition) is 7. The summed E-state index contributed by atoms with van der Waals surface area (Å²) in [7, 11) is 0. The average Bonchev–Trinajstić information content (AvgIpc) is 3.57. The molecule has 0 unspecified atom stereocenters. The van der Waals surface area contributed by atoms with E-state index in [9.17, 15) is 13.2 Å². The predicted octanol–water partition coefficient (Wildman–Crippen LogP) is 4.47. The van der Waals surface area contributed by atoms with Gasteiger partial charge in [0.15, 0.2) is 0 Å². The van der Waals surface area contributed by atoms with Crippen LogP contribution < -0.4 is 4.90 Å². The van der Waals surface area contributed by atoms with Crippen molar-refractivity contribution in [3.05, 3.63) is 60.4 Å². The van der Waals surface area contributed by atoms with E-state index in [0.717, 1.165) is 17.8 Å². The molecule has 0 atom stereocenters. The third kappa shape index (κ3) is 5.40. The van der Waals surface area contributed by atoms with E-state index in [1.54, 1.807) is 6.20 Å². The minimum absolute atomic E-state index is 0.460. The average molecular weight is 483 g/mol. The van der Waals surface area contributed by atoms with Gasteiger partial charge in [0, 0.05) is 49.5 Å². The second kappa shape index (κ2) is 9.57. The lowest BCUT2D eigenvalue weighted by Gasteiger charge is -2.28. The maximum atomic E-state index is 12.8. The Labute approximate surface area is 199 Å². The number of aryl methyl sites for hydroxylation is 1. The van der Waals surface area contributed by atoms with E-state index in [1.165, 1.54) is 25.1 Å². The standard InChI is InChI=1S/C18H16F3N5O.C6H8N2/c1-11-9-23-17-13(24-11)8-15(26-4-6-27-7-5-26)25-16(17)12-2-3-14(22-10-12)18(19,20)21;1-4-7-8(5-1)6-2-3-6/h2-3,8-10H,4-7H2,1H3;1,4-6H,2-3H2. The van der Waals surface area contributed by atoms with Crippen molar-refractivity contribution in [2.45, 2.75) is 32.0 Å². The van der Waals surface area contributed by atoms with Crippen LogP contribution in [0.15, 0.2) is 49.1 Å². The Morgan fingerprint density at radius 1 is 1.03 bits per heavy atom. The van der Waals surface area contributed by atoms with Crippen LogP contribution in [0.3, 0.4) is 0 Å². The summed E-state index contributed by atoms with van der Waals surface area (Å²) in [5.41, 5.74) is 1.89. The molecule has 0 amide bonds. The molecule has 2 fully saturated rings. The van der Waals surface area contributed by atoms with Crippen LogP contribution in [0.4, 0.5) is 19.0 Å². The van der Waals surface area contributed by atoms with E-state index >= 15 is 0 Å². The normalized spacial score (nSPS) is 16.2. The summed E-state index contributed by atoms with van der Waals surface area (Å²) >= 11 is 0. The van der Waals surface area contributed by atoms with Gasteiger partial charge in [0.05, 0.1) is 30.5 Å². The number of fused-ring (bicyclic) bond motifs is 1. The van der Waals surface area contributed by atoms with Crippen molar-refractivity contribution in [1.82, 2.24) is 29.7 Å². The first-order valence-electron chi connectivity index (χ1n) is 11.4. The Hall–Kier alpha value is -3.60. The molecule has 2 aliphatic rings. The zero-order valence-electron chi connectivity index (χ0n) is 19.1. The van der Waals surface area contributed by atoms with E-state index in [-0.39, 0.29) is 0 Å². The van der Waals surface area contributed by atoms with Crippen LogP contribution in [0.2, 0.25) is 0 Å². The predicted molar refractivity (Wildman–Crippen MR) is 124 cm³/mol. The minimum atomic E-state index is -4.49. The second-order valence-electron chi connectivity index (χ2n) is 8.45. The topological polar surface area (TPSA) is 81.8 Å². The molecule has 6 rings (SSSR count). The van der Waals surface area contributed by atoms with Crippen molar-refractivity contribution in [2.24, 2.45) is 0 Å². The smallest absolute Gasteiger partial charge is 0.378 e. The molecule has 4 aromatic heterocycles. The van der Waals surface area contributed by atoms with Gasteiger partial charge in [-0.05, 0) is 38.0 Å². The molecule has 1 saturated heterocycles. The molecule has 35 heavy (non-hydrogen) atoms. The summed E-state index contributed by atoms with van der Waals surface area (Å²) in [5.74, 6) is 0.695. The number of pyridine rings is 2. The molecule has 0 radical (unpaired) electrons. The second-order valence-corrected chi connectivity index (χ2v) is 8.45. The summed E-state index contributed by atoms with van der Waals surface area (Å²) < 4.78 is 45.8. The molecular formula is C24H24F3N7O. The molecule has 11 heteroatoms. The number of hydrogen-bond donors (Lipinski definition) is 0. The molecule has 4 aromatic rings. The molecule has 0 aromatic carbocycles. The van der Waals surface area contributed by atoms with E-state index < -0.39 is 11.9 Å². The van der Waals surface area contributed by atoms with Gasteiger partial charge in [-0.15, -0.1) is 0 Å². The Balaban J connectivity index is 0.000000265. The minimum Gasteiger partial charge on any atom is -0.378 e. The maximum Gasteiger partial charge on any atom is 0.433 e. The summed E-state index contributed by atoms with van der Waals surface area (Å²) in [4.78, 5) is 19.2. The van der Waals surface area contributed by atoms with Crippen molar-refractivity contribution in [1.29, 1.82) is 0 Å². The molecular weight excluding hydrogens is 459 g/mol. The largest absolute Gasteiger partial charge is 0.433 e. The number of anilines is 1. The third-order valence-electron chi connectivity index (χ3n) is 5.74. The van der Waals surface area contributed by atoms with Crippen molar-refractivity contribution in [2.75, 3.05) is 31.2 Å². The monoisotopic (exact) mass is 483 g/mol. The highest BCUT2D eigenvalue weighted by Gasteiger charge is 2.32. The lowest BCUT2D eigenvalue weighted by molar-refractivity contribution is -0.141. The Bertz CT molecular complexity index is 1280. The first-order valence-corrected chi connectivity index (χ1v) is 11.4. The number of alkyl halides is 3. The van der Waals surface area contributed by atoms with Gasteiger partial charge < -0.3 is 9.64 Å². The summed E-state index contributed by atoms with van der Waals surface area (Å²) in [5, 5.41) is 4.09. The lowest BCUT2D eigenvalue weighted by Crippen LogP contribution is -2.36. The fraction of sp³-hybridized carbons (Fsp3) is 0.375. The quantitative estimate of drug-likeness (QED) is 0.425. The highest BCUT2D eigenvalue weighted by atomic mass is 19.4. The zero-order valence-corrected chi connectivity index (χ0v) is 19.1. The lowest BCUT2D eigenvalue weighted by atomic mass is 10.1. The number of halogens is 3. The highest BCUT2D eigenvalue weighted by molar-refractivity contribution is 5.90. The van der Waals surface area contributed by atoms with Crippen LogP contribution >= 0.6 is 0 Å². The van der Waals surface area contributed by atoms with Crippen molar-refractivity contribution < 1.29 is 17.9 Å². The van der Waals surface area contributed by atoms with Crippen molar-refractivity contribution in [3.8, 4) is 11.3 Å². The van der Waals surface area contributed by atoms with Gasteiger partial charge in [-0.2, -0.15) is 18.3 Å². The van der Waals surface area contributed by atoms with Gasteiger partial charge >= 0.3 is 6.18 Å². The van der Waals surface area contributed by atoms with Gasteiger partial charge in [0.2, 0.25) is 0 Å². The van der Waals surface area contributed by atoms with Gasteiger partial charge in [-0.25, -0.2) is 9.97 Å². The summed E-state index contributed by atoms with van der Waals surface area (Å²) in [6.07, 6.45) is 4.80. The van der Waals surface area contributed by atoms with Gasteiger partial charge in [-0.3, -0.25) is 14.6 Å². The molecule has 0 N–H and O–H groups in total.